The maximum Gasteiger partial charge on any atom is 0.224 e. The minimum absolute atomic E-state index is 0.394. The summed E-state index contributed by atoms with van der Waals surface area (Å²) in [6.45, 7) is 0. The Morgan fingerprint density at radius 3 is 2.61 bits per heavy atom. The first-order valence-electron chi connectivity index (χ1n) is 5.03. The standard InChI is InChI=1S/C11H9Cl3N4/c1-15-11-16-5-7(13)10(18-11)17-8-4-2-3-6(12)9(8)14/h2-5H,1H3,(H2,15,16,17,18). The van der Waals surface area contributed by atoms with E-state index in [-0.39, 0.29) is 0 Å². The lowest BCUT2D eigenvalue weighted by Gasteiger charge is -2.10. The number of benzene rings is 1. The lowest BCUT2D eigenvalue weighted by molar-refractivity contribution is 1.15. The lowest BCUT2D eigenvalue weighted by atomic mass is 10.3. The van der Waals surface area contributed by atoms with Crippen molar-refractivity contribution < 1.29 is 0 Å². The lowest BCUT2D eigenvalue weighted by Crippen LogP contribution is -2.01. The number of nitrogens with one attached hydrogen (secondary N) is 2. The van der Waals surface area contributed by atoms with E-state index in [0.29, 0.717) is 32.5 Å². The number of halogens is 3. The van der Waals surface area contributed by atoms with Crippen molar-refractivity contribution in [3.8, 4) is 0 Å². The van der Waals surface area contributed by atoms with Crippen LogP contribution in [0.1, 0.15) is 0 Å². The van der Waals surface area contributed by atoms with Gasteiger partial charge in [-0.3, -0.25) is 0 Å². The van der Waals surface area contributed by atoms with Gasteiger partial charge in [-0.25, -0.2) is 4.98 Å². The topological polar surface area (TPSA) is 49.8 Å². The minimum Gasteiger partial charge on any atom is -0.357 e. The van der Waals surface area contributed by atoms with Crippen molar-refractivity contribution in [2.45, 2.75) is 0 Å². The molecule has 0 atom stereocenters. The summed E-state index contributed by atoms with van der Waals surface area (Å²) in [6.07, 6.45) is 1.50. The molecule has 0 spiro atoms. The average molecular weight is 304 g/mol. The molecule has 1 aromatic carbocycles. The highest BCUT2D eigenvalue weighted by Crippen LogP contribution is 2.33. The fourth-order valence-corrected chi connectivity index (χ4v) is 1.79. The van der Waals surface area contributed by atoms with Gasteiger partial charge < -0.3 is 10.6 Å². The van der Waals surface area contributed by atoms with Crippen molar-refractivity contribution in [1.82, 2.24) is 9.97 Å². The van der Waals surface area contributed by atoms with Crippen LogP contribution in [0.3, 0.4) is 0 Å². The summed E-state index contributed by atoms with van der Waals surface area (Å²) in [4.78, 5) is 8.18. The Morgan fingerprint density at radius 1 is 1.11 bits per heavy atom. The molecule has 0 unspecified atom stereocenters. The van der Waals surface area contributed by atoms with Gasteiger partial charge in [-0.15, -0.1) is 0 Å². The molecule has 0 saturated carbocycles. The summed E-state index contributed by atoms with van der Waals surface area (Å²) in [5, 5.41) is 7.11. The predicted octanol–water partition coefficient (Wildman–Crippen LogP) is 4.22. The first kappa shape index (κ1) is 13.2. The van der Waals surface area contributed by atoms with Gasteiger partial charge in [0, 0.05) is 7.05 Å². The number of anilines is 3. The quantitative estimate of drug-likeness (QED) is 0.891. The molecule has 0 radical (unpaired) electrons. The van der Waals surface area contributed by atoms with Crippen molar-refractivity contribution in [3.05, 3.63) is 39.5 Å². The molecule has 0 fully saturated rings. The van der Waals surface area contributed by atoms with Crippen LogP contribution in [-0.4, -0.2) is 17.0 Å². The van der Waals surface area contributed by atoms with E-state index in [4.69, 9.17) is 34.8 Å². The molecule has 4 nitrogen and oxygen atoms in total. The third kappa shape index (κ3) is 2.77. The number of nitrogens with zero attached hydrogens (tertiary/aromatic N) is 2. The molecule has 0 aliphatic rings. The molecule has 0 aliphatic heterocycles. The molecular weight excluding hydrogens is 295 g/mol. The molecule has 2 aromatic rings. The van der Waals surface area contributed by atoms with Gasteiger partial charge in [0.2, 0.25) is 5.95 Å². The summed E-state index contributed by atoms with van der Waals surface area (Å²) in [5.74, 6) is 0.917. The largest absolute Gasteiger partial charge is 0.357 e. The average Bonchev–Trinajstić information content (AvgIpc) is 2.37. The molecule has 0 amide bonds. The van der Waals surface area contributed by atoms with Gasteiger partial charge in [-0.1, -0.05) is 40.9 Å². The Morgan fingerprint density at radius 2 is 1.89 bits per heavy atom. The van der Waals surface area contributed by atoms with Crippen LogP contribution in [0.2, 0.25) is 15.1 Å². The molecule has 2 rings (SSSR count). The molecule has 18 heavy (non-hydrogen) atoms. The van der Waals surface area contributed by atoms with E-state index >= 15 is 0 Å². The van der Waals surface area contributed by atoms with Crippen molar-refractivity contribution in [3.63, 3.8) is 0 Å². The number of rotatable bonds is 3. The Labute approximate surface area is 119 Å². The van der Waals surface area contributed by atoms with Crippen LogP contribution in [0, 0.1) is 0 Å². The molecule has 1 aromatic heterocycles. The minimum atomic E-state index is 0.394. The molecular formula is C11H9Cl3N4. The second-order valence-electron chi connectivity index (χ2n) is 3.37. The normalized spacial score (nSPS) is 10.2. The number of aromatic nitrogens is 2. The first-order valence-corrected chi connectivity index (χ1v) is 6.16. The van der Waals surface area contributed by atoms with Crippen LogP contribution in [0.25, 0.3) is 0 Å². The Bertz CT molecular complexity index is 574. The summed E-state index contributed by atoms with van der Waals surface area (Å²) < 4.78 is 0. The zero-order chi connectivity index (χ0) is 13.1. The van der Waals surface area contributed by atoms with Crippen molar-refractivity contribution in [1.29, 1.82) is 0 Å². The molecule has 7 heteroatoms. The van der Waals surface area contributed by atoms with E-state index in [9.17, 15) is 0 Å². The van der Waals surface area contributed by atoms with Crippen LogP contribution in [0.15, 0.2) is 24.4 Å². The van der Waals surface area contributed by atoms with E-state index in [1.54, 1.807) is 25.2 Å². The van der Waals surface area contributed by atoms with E-state index in [1.807, 2.05) is 0 Å². The monoisotopic (exact) mass is 302 g/mol. The van der Waals surface area contributed by atoms with E-state index in [1.165, 1.54) is 6.20 Å². The second-order valence-corrected chi connectivity index (χ2v) is 4.56. The van der Waals surface area contributed by atoms with Crippen LogP contribution >= 0.6 is 34.8 Å². The number of hydrogen-bond acceptors (Lipinski definition) is 4. The third-order valence-electron chi connectivity index (χ3n) is 2.17. The van der Waals surface area contributed by atoms with Gasteiger partial charge in [0.05, 0.1) is 21.9 Å². The highest BCUT2D eigenvalue weighted by molar-refractivity contribution is 6.43. The molecule has 0 saturated heterocycles. The highest BCUT2D eigenvalue weighted by atomic mass is 35.5. The Kier molecular flexibility index (Phi) is 4.11. The van der Waals surface area contributed by atoms with Crippen LogP contribution in [-0.2, 0) is 0 Å². The third-order valence-corrected chi connectivity index (χ3v) is 3.27. The molecule has 0 aliphatic carbocycles. The highest BCUT2D eigenvalue weighted by Gasteiger charge is 2.09. The Balaban J connectivity index is 2.36. The zero-order valence-electron chi connectivity index (χ0n) is 9.34. The Hall–Kier alpha value is -1.23. The smallest absolute Gasteiger partial charge is 0.224 e. The van der Waals surface area contributed by atoms with Crippen LogP contribution < -0.4 is 10.6 Å². The first-order chi connectivity index (χ1) is 8.61. The summed E-state index contributed by atoms with van der Waals surface area (Å²) in [7, 11) is 1.72. The van der Waals surface area contributed by atoms with Crippen molar-refractivity contribution in [2.24, 2.45) is 0 Å². The molecule has 94 valence electrons. The van der Waals surface area contributed by atoms with Gasteiger partial charge in [-0.05, 0) is 12.1 Å². The summed E-state index contributed by atoms with van der Waals surface area (Å²) >= 11 is 18.0. The van der Waals surface area contributed by atoms with E-state index in [2.05, 4.69) is 20.6 Å². The molecule has 1 heterocycles. The van der Waals surface area contributed by atoms with Crippen LogP contribution in [0.5, 0.6) is 0 Å². The fraction of sp³-hybridized carbons (Fsp3) is 0.0909. The maximum atomic E-state index is 6.07. The maximum absolute atomic E-state index is 6.07. The van der Waals surface area contributed by atoms with Gasteiger partial charge in [0.15, 0.2) is 5.82 Å². The van der Waals surface area contributed by atoms with Gasteiger partial charge in [-0.2, -0.15) is 4.98 Å². The van der Waals surface area contributed by atoms with Gasteiger partial charge in [0.25, 0.3) is 0 Å². The summed E-state index contributed by atoms with van der Waals surface area (Å²) in [6, 6.07) is 5.27. The SMILES string of the molecule is CNc1ncc(Cl)c(Nc2cccc(Cl)c2Cl)n1. The zero-order valence-corrected chi connectivity index (χ0v) is 11.6. The van der Waals surface area contributed by atoms with Crippen LogP contribution in [0.4, 0.5) is 17.5 Å². The second kappa shape index (κ2) is 5.61. The van der Waals surface area contributed by atoms with E-state index < -0.39 is 0 Å². The molecule has 2 N–H and O–H groups in total. The summed E-state index contributed by atoms with van der Waals surface area (Å²) in [5.41, 5.74) is 0.631. The van der Waals surface area contributed by atoms with Crippen molar-refractivity contribution >= 4 is 52.3 Å². The van der Waals surface area contributed by atoms with E-state index in [0.717, 1.165) is 0 Å². The van der Waals surface area contributed by atoms with Gasteiger partial charge in [0.1, 0.15) is 5.02 Å². The van der Waals surface area contributed by atoms with Gasteiger partial charge >= 0.3 is 0 Å². The van der Waals surface area contributed by atoms with Crippen molar-refractivity contribution in [2.75, 3.05) is 17.7 Å². The predicted molar refractivity (Wildman–Crippen MR) is 76.3 cm³/mol. The molecule has 0 bridgehead atoms. The number of hydrogen-bond donors (Lipinski definition) is 2. The fourth-order valence-electron chi connectivity index (χ4n) is 1.30.